The molecule has 3 aromatic carbocycles. The largest absolute Gasteiger partial charge is 0.493 e. The van der Waals surface area contributed by atoms with Crippen molar-refractivity contribution in [2.24, 2.45) is 0 Å². The second-order valence-electron chi connectivity index (χ2n) is 13.4. The third-order valence-electron chi connectivity index (χ3n) is 9.84. The standard InChI is InChI=1S/C40H42ClIN4O6/c1-26-30(6-3-7-33(26)34-8-4-9-36(27(34)2)49-15-5-13-46-14-10-32(23-46)52-42)25-51-38-18-37(50-24-29-16-28(19-43)20-44-21-29)31(17-35(38)41)22-45-40(11-12-40)39(47)48/h3-4,6-9,16-18,20-21,32,45H,5,10-15,22-25H2,1-2H3,(H,47,48)/t32-/m1/s1. The molecule has 1 aliphatic carbocycles. The van der Waals surface area contributed by atoms with E-state index < -0.39 is 11.5 Å². The first-order valence-corrected chi connectivity index (χ1v) is 18.7. The van der Waals surface area contributed by atoms with E-state index in [4.69, 9.17) is 28.9 Å². The minimum absolute atomic E-state index is 0.150. The Bertz CT molecular complexity index is 1950. The number of aliphatic carboxylic acids is 1. The number of hydrogen-bond acceptors (Lipinski definition) is 9. The highest BCUT2D eigenvalue weighted by atomic mass is 127. The predicted molar refractivity (Wildman–Crippen MR) is 207 cm³/mol. The normalized spacial score (nSPS) is 16.3. The molecule has 272 valence electrons. The lowest BCUT2D eigenvalue weighted by Gasteiger charge is -2.19. The molecule has 1 aromatic heterocycles. The summed E-state index contributed by atoms with van der Waals surface area (Å²) in [4.78, 5) is 18.4. The van der Waals surface area contributed by atoms with Crippen LogP contribution in [0, 0.1) is 25.2 Å². The number of rotatable bonds is 17. The Labute approximate surface area is 323 Å². The van der Waals surface area contributed by atoms with Gasteiger partial charge in [-0.15, -0.1) is 0 Å². The fourth-order valence-electron chi connectivity index (χ4n) is 6.50. The van der Waals surface area contributed by atoms with Crippen molar-refractivity contribution >= 4 is 40.6 Å². The van der Waals surface area contributed by atoms with Crippen LogP contribution in [0.2, 0.25) is 5.02 Å². The minimum atomic E-state index is -0.932. The van der Waals surface area contributed by atoms with Gasteiger partial charge in [-0.25, -0.2) is 0 Å². The highest BCUT2D eigenvalue weighted by Crippen LogP contribution is 2.39. The van der Waals surface area contributed by atoms with Crippen molar-refractivity contribution in [3.05, 3.63) is 105 Å². The van der Waals surface area contributed by atoms with E-state index in [2.05, 4.69) is 47.3 Å². The molecule has 2 N–H and O–H groups in total. The number of aromatic nitrogens is 1. The van der Waals surface area contributed by atoms with Crippen LogP contribution in [0.15, 0.2) is 67.0 Å². The summed E-state index contributed by atoms with van der Waals surface area (Å²) in [6, 6.07) is 19.7. The lowest BCUT2D eigenvalue weighted by atomic mass is 9.93. The first-order valence-electron chi connectivity index (χ1n) is 17.4. The van der Waals surface area contributed by atoms with E-state index >= 15 is 0 Å². The van der Waals surface area contributed by atoms with Gasteiger partial charge in [-0.1, -0.05) is 41.9 Å². The zero-order valence-electron chi connectivity index (χ0n) is 29.3. The number of carbonyl (C=O) groups is 1. The van der Waals surface area contributed by atoms with E-state index in [0.717, 1.165) is 71.6 Å². The van der Waals surface area contributed by atoms with Crippen LogP contribution in [-0.2, 0) is 27.6 Å². The van der Waals surface area contributed by atoms with E-state index in [9.17, 15) is 15.2 Å². The third kappa shape index (κ3) is 9.16. The SMILES string of the molecule is Cc1c(COc2cc(OCc3cncc(C#N)c3)c(CNC3(C(=O)O)CC3)cc2Cl)cccc1-c1cccc(OCCCN2CC[C@@H](OI)C2)c1C. The molecule has 0 spiro atoms. The maximum absolute atomic E-state index is 11.8. The van der Waals surface area contributed by atoms with Gasteiger partial charge in [0.15, 0.2) is 0 Å². The molecule has 0 radical (unpaired) electrons. The molecule has 1 saturated heterocycles. The average molecular weight is 837 g/mol. The molecule has 6 rings (SSSR count). The molecule has 2 heterocycles. The number of nitrogens with zero attached hydrogens (tertiary/aromatic N) is 3. The second kappa shape index (κ2) is 17.3. The van der Waals surface area contributed by atoms with E-state index in [1.165, 1.54) is 6.20 Å². The number of carboxylic acids is 1. The van der Waals surface area contributed by atoms with Crippen molar-refractivity contribution in [2.45, 2.75) is 70.9 Å². The fraction of sp³-hybridized carbons (Fsp3) is 0.375. The smallest absolute Gasteiger partial charge is 0.323 e. The fourth-order valence-corrected chi connectivity index (χ4v) is 7.15. The summed E-state index contributed by atoms with van der Waals surface area (Å²) in [6.07, 6.45) is 6.61. The molecule has 2 fully saturated rings. The molecule has 2 aliphatic rings. The van der Waals surface area contributed by atoms with Crippen molar-refractivity contribution < 1.29 is 27.2 Å². The maximum Gasteiger partial charge on any atom is 0.323 e. The van der Waals surface area contributed by atoms with Crippen LogP contribution in [0.5, 0.6) is 17.2 Å². The van der Waals surface area contributed by atoms with E-state index in [1.807, 2.05) is 47.3 Å². The number of carboxylic acid groups (broad SMARTS) is 1. The van der Waals surface area contributed by atoms with Crippen LogP contribution >= 0.6 is 34.6 Å². The topological polar surface area (TPSA) is 126 Å². The minimum Gasteiger partial charge on any atom is -0.493 e. The number of nitrogens with one attached hydrogen (secondary N) is 1. The summed E-state index contributed by atoms with van der Waals surface area (Å²) < 4.78 is 24.3. The molecule has 10 nitrogen and oxygen atoms in total. The van der Waals surface area contributed by atoms with Gasteiger partial charge < -0.3 is 27.3 Å². The van der Waals surface area contributed by atoms with Crippen molar-refractivity contribution in [2.75, 3.05) is 26.2 Å². The quantitative estimate of drug-likeness (QED) is 0.0800. The van der Waals surface area contributed by atoms with Crippen LogP contribution in [0.3, 0.4) is 0 Å². The van der Waals surface area contributed by atoms with Gasteiger partial charge in [-0.2, -0.15) is 5.26 Å². The molecule has 4 aromatic rings. The van der Waals surface area contributed by atoms with Crippen LogP contribution in [0.25, 0.3) is 11.1 Å². The summed E-state index contributed by atoms with van der Waals surface area (Å²) in [5.74, 6) is 0.939. The molecule has 1 aliphatic heterocycles. The summed E-state index contributed by atoms with van der Waals surface area (Å²) in [6.45, 7) is 8.54. The van der Waals surface area contributed by atoms with Crippen molar-refractivity contribution in [1.29, 1.82) is 5.26 Å². The van der Waals surface area contributed by atoms with Gasteiger partial charge in [0, 0.05) is 55.8 Å². The second-order valence-corrected chi connectivity index (χ2v) is 14.3. The van der Waals surface area contributed by atoms with Gasteiger partial charge in [0.2, 0.25) is 0 Å². The lowest BCUT2D eigenvalue weighted by molar-refractivity contribution is -0.140. The zero-order valence-corrected chi connectivity index (χ0v) is 32.2. The Morgan fingerprint density at radius 3 is 2.52 bits per heavy atom. The zero-order chi connectivity index (χ0) is 36.7. The van der Waals surface area contributed by atoms with Crippen molar-refractivity contribution in [3.8, 4) is 34.4 Å². The van der Waals surface area contributed by atoms with Crippen molar-refractivity contribution in [1.82, 2.24) is 15.2 Å². The summed E-state index contributed by atoms with van der Waals surface area (Å²) in [5.41, 5.74) is 6.30. The first-order chi connectivity index (χ1) is 25.2. The lowest BCUT2D eigenvalue weighted by Crippen LogP contribution is -2.38. The Balaban J connectivity index is 1.15. The number of benzene rings is 3. The number of ether oxygens (including phenoxy) is 3. The Kier molecular flexibility index (Phi) is 12.6. The molecule has 52 heavy (non-hydrogen) atoms. The van der Waals surface area contributed by atoms with Crippen LogP contribution in [-0.4, -0.2) is 58.8 Å². The average Bonchev–Trinajstić information content (AvgIpc) is 3.82. The van der Waals surface area contributed by atoms with Gasteiger partial charge >= 0.3 is 5.97 Å². The summed E-state index contributed by atoms with van der Waals surface area (Å²) in [5, 5.41) is 22.5. The Morgan fingerprint density at radius 1 is 1.02 bits per heavy atom. The molecular weight excluding hydrogens is 795 g/mol. The Hall–Kier alpha value is -3.93. The summed E-state index contributed by atoms with van der Waals surface area (Å²) >= 11 is 8.77. The monoisotopic (exact) mass is 836 g/mol. The van der Waals surface area contributed by atoms with E-state index in [-0.39, 0.29) is 19.8 Å². The van der Waals surface area contributed by atoms with Gasteiger partial charge in [-0.05, 0) is 85.5 Å². The predicted octanol–water partition coefficient (Wildman–Crippen LogP) is 7.97. The number of pyridine rings is 1. The van der Waals surface area contributed by atoms with Gasteiger partial charge in [0.05, 0.1) is 23.3 Å². The Morgan fingerprint density at radius 2 is 1.79 bits per heavy atom. The molecular formula is C40H42ClIN4O6. The molecule has 0 unspecified atom stereocenters. The highest BCUT2D eigenvalue weighted by molar-refractivity contribution is 14.1. The van der Waals surface area contributed by atoms with Crippen LogP contribution < -0.4 is 19.5 Å². The van der Waals surface area contributed by atoms with Gasteiger partial charge in [0.25, 0.3) is 0 Å². The molecule has 12 heteroatoms. The van der Waals surface area contributed by atoms with Crippen LogP contribution in [0.4, 0.5) is 0 Å². The van der Waals surface area contributed by atoms with Gasteiger partial charge in [0.1, 0.15) is 65.1 Å². The van der Waals surface area contributed by atoms with Gasteiger partial charge in [-0.3, -0.25) is 15.1 Å². The van der Waals surface area contributed by atoms with E-state index in [1.54, 1.807) is 24.4 Å². The third-order valence-corrected chi connectivity index (χ3v) is 10.9. The first kappa shape index (κ1) is 37.8. The molecule has 1 atom stereocenters. The number of likely N-dealkylation sites (tertiary alicyclic amines) is 1. The number of nitriles is 1. The number of halogens is 2. The molecule has 1 saturated carbocycles. The van der Waals surface area contributed by atoms with Crippen molar-refractivity contribution in [3.63, 3.8) is 0 Å². The molecule has 0 amide bonds. The van der Waals surface area contributed by atoms with E-state index in [0.29, 0.717) is 53.2 Å². The van der Waals surface area contributed by atoms with Crippen LogP contribution in [0.1, 0.15) is 59.1 Å². The highest BCUT2D eigenvalue weighted by Gasteiger charge is 2.50. The maximum atomic E-state index is 11.8. The number of hydrogen-bond donors (Lipinski definition) is 2. The molecule has 0 bridgehead atoms. The summed E-state index contributed by atoms with van der Waals surface area (Å²) in [7, 11) is 0.